The normalized spacial score (nSPS) is 23.2. The van der Waals surface area contributed by atoms with Gasteiger partial charge in [0.1, 0.15) is 0 Å². The van der Waals surface area contributed by atoms with E-state index in [9.17, 15) is 8.42 Å². The number of sulfone groups is 1. The molecule has 0 N–H and O–H groups in total. The third kappa shape index (κ3) is 1.93. The lowest BCUT2D eigenvalue weighted by Crippen LogP contribution is -2.19. The zero-order valence-corrected chi connectivity index (χ0v) is 10.1. The molecule has 1 saturated heterocycles. The predicted molar refractivity (Wildman–Crippen MR) is 63.5 cm³/mol. The molecule has 17 heavy (non-hydrogen) atoms. The van der Waals surface area contributed by atoms with Gasteiger partial charge in [-0.1, -0.05) is 6.07 Å². The second kappa shape index (κ2) is 3.80. The Morgan fingerprint density at radius 2 is 2.29 bits per heavy atom. The van der Waals surface area contributed by atoms with Gasteiger partial charge in [0.15, 0.2) is 21.3 Å². The molecule has 0 radical (unpaired) electrons. The van der Waals surface area contributed by atoms with Crippen LogP contribution in [0.15, 0.2) is 24.4 Å². The lowest BCUT2D eigenvalue weighted by atomic mass is 10.2. The van der Waals surface area contributed by atoms with E-state index >= 15 is 0 Å². The van der Waals surface area contributed by atoms with Crippen molar-refractivity contribution >= 4 is 15.5 Å². The molecule has 0 aliphatic carbocycles. The van der Waals surface area contributed by atoms with Crippen LogP contribution in [0.5, 0.6) is 0 Å². The number of nitrogens with zero attached hydrogens (tertiary/aromatic N) is 3. The predicted octanol–water partition coefficient (Wildman–Crippen LogP) is 0.849. The van der Waals surface area contributed by atoms with Crippen LogP contribution in [0, 0.1) is 0 Å². The molecular weight excluding hydrogens is 238 g/mol. The summed E-state index contributed by atoms with van der Waals surface area (Å²) in [7, 11) is -2.91. The first-order valence-electron chi connectivity index (χ1n) is 5.67. The molecule has 1 aliphatic rings. The summed E-state index contributed by atoms with van der Waals surface area (Å²) in [4.78, 5) is 4.33. The number of hydrogen-bond acceptors (Lipinski definition) is 4. The minimum atomic E-state index is -2.91. The van der Waals surface area contributed by atoms with Gasteiger partial charge in [-0.2, -0.15) is 5.10 Å². The van der Waals surface area contributed by atoms with Crippen LogP contribution < -0.4 is 0 Å². The summed E-state index contributed by atoms with van der Waals surface area (Å²) in [6.45, 7) is 0. The van der Waals surface area contributed by atoms with E-state index in [1.165, 1.54) is 0 Å². The summed E-state index contributed by atoms with van der Waals surface area (Å²) in [5.74, 6) is 0.928. The fourth-order valence-corrected chi connectivity index (χ4v) is 4.09. The molecule has 0 spiro atoms. The average molecular weight is 251 g/mol. The molecule has 0 saturated carbocycles. The second-order valence-corrected chi connectivity index (χ2v) is 6.77. The quantitative estimate of drug-likeness (QED) is 0.793. The van der Waals surface area contributed by atoms with Crippen LogP contribution in [0.1, 0.15) is 18.7 Å². The summed E-state index contributed by atoms with van der Waals surface area (Å²) in [6, 6.07) is 5.62. The molecule has 1 fully saturated rings. The van der Waals surface area contributed by atoms with Crippen molar-refractivity contribution in [1.82, 2.24) is 14.6 Å². The summed E-state index contributed by atoms with van der Waals surface area (Å²) in [6.07, 6.45) is 3.75. The molecule has 2 aromatic heterocycles. The Bertz CT molecular complexity index is 615. The first kappa shape index (κ1) is 10.7. The van der Waals surface area contributed by atoms with E-state index in [4.69, 9.17) is 0 Å². The number of rotatable bonds is 2. The van der Waals surface area contributed by atoms with Gasteiger partial charge in [-0.05, 0) is 25.0 Å². The molecule has 0 aromatic carbocycles. The van der Waals surface area contributed by atoms with Gasteiger partial charge in [-0.3, -0.25) is 0 Å². The van der Waals surface area contributed by atoms with Gasteiger partial charge in [-0.25, -0.2) is 17.9 Å². The van der Waals surface area contributed by atoms with Gasteiger partial charge in [0.05, 0.1) is 11.0 Å². The lowest BCUT2D eigenvalue weighted by molar-refractivity contribution is 0.586. The minimum absolute atomic E-state index is 0.292. The molecule has 0 bridgehead atoms. The van der Waals surface area contributed by atoms with Crippen molar-refractivity contribution in [2.24, 2.45) is 0 Å². The molecule has 90 valence electrons. The smallest absolute Gasteiger partial charge is 0.155 e. The Labute approximate surface area is 99.4 Å². The van der Waals surface area contributed by atoms with E-state index in [1.807, 2.05) is 24.4 Å². The van der Waals surface area contributed by atoms with Crippen molar-refractivity contribution in [2.45, 2.75) is 24.5 Å². The number of fused-ring (bicyclic) bond motifs is 1. The summed E-state index contributed by atoms with van der Waals surface area (Å²) < 4.78 is 25.1. The number of aromatic nitrogens is 3. The Kier molecular flexibility index (Phi) is 2.39. The van der Waals surface area contributed by atoms with E-state index in [1.54, 1.807) is 4.52 Å². The van der Waals surface area contributed by atoms with Crippen molar-refractivity contribution in [1.29, 1.82) is 0 Å². The molecular formula is C11H13N3O2S. The Morgan fingerprint density at radius 1 is 1.41 bits per heavy atom. The Hall–Kier alpha value is -1.43. The maximum atomic E-state index is 11.7. The largest absolute Gasteiger partial charge is 0.229 e. The van der Waals surface area contributed by atoms with Crippen molar-refractivity contribution < 1.29 is 8.42 Å². The number of hydrogen-bond donors (Lipinski definition) is 0. The van der Waals surface area contributed by atoms with Gasteiger partial charge in [0.2, 0.25) is 0 Å². The van der Waals surface area contributed by atoms with E-state index in [2.05, 4.69) is 10.1 Å². The van der Waals surface area contributed by atoms with Gasteiger partial charge in [0, 0.05) is 12.6 Å². The zero-order valence-electron chi connectivity index (χ0n) is 9.28. The molecule has 1 atom stereocenters. The summed E-state index contributed by atoms with van der Waals surface area (Å²) in [5.41, 5.74) is 0.762. The van der Waals surface area contributed by atoms with Crippen LogP contribution >= 0.6 is 0 Å². The van der Waals surface area contributed by atoms with E-state index in [-0.39, 0.29) is 5.25 Å². The van der Waals surface area contributed by atoms with Gasteiger partial charge in [0.25, 0.3) is 0 Å². The average Bonchev–Trinajstić information content (AvgIpc) is 2.82. The van der Waals surface area contributed by atoms with Crippen LogP contribution in [0.4, 0.5) is 0 Å². The third-order valence-electron chi connectivity index (χ3n) is 3.16. The van der Waals surface area contributed by atoms with Crippen LogP contribution in [0.25, 0.3) is 5.65 Å². The van der Waals surface area contributed by atoms with E-state index in [0.717, 1.165) is 18.5 Å². The summed E-state index contributed by atoms with van der Waals surface area (Å²) in [5, 5.41) is 3.99. The molecule has 6 heteroatoms. The summed E-state index contributed by atoms with van der Waals surface area (Å²) >= 11 is 0. The van der Waals surface area contributed by atoms with Gasteiger partial charge < -0.3 is 0 Å². The molecule has 0 amide bonds. The molecule has 2 aromatic rings. The maximum absolute atomic E-state index is 11.7. The zero-order chi connectivity index (χ0) is 11.9. The molecule has 1 aliphatic heterocycles. The molecule has 3 rings (SSSR count). The highest BCUT2D eigenvalue weighted by Crippen LogP contribution is 2.22. The standard InChI is InChI=1S/C11H13N3O2S/c15-17(16)7-3-4-9(17)8-10-12-11-5-1-2-6-14(11)13-10/h1-2,5-6,9H,3-4,7-8H2. The van der Waals surface area contributed by atoms with Crippen LogP contribution in [0.2, 0.25) is 0 Å². The fraction of sp³-hybridized carbons (Fsp3) is 0.455. The lowest BCUT2D eigenvalue weighted by Gasteiger charge is -2.04. The van der Waals surface area contributed by atoms with E-state index in [0.29, 0.717) is 18.0 Å². The topological polar surface area (TPSA) is 64.3 Å². The third-order valence-corrected chi connectivity index (χ3v) is 5.43. The molecule has 1 unspecified atom stereocenters. The van der Waals surface area contributed by atoms with Crippen molar-refractivity contribution in [3.8, 4) is 0 Å². The fourth-order valence-electron chi connectivity index (χ4n) is 2.26. The van der Waals surface area contributed by atoms with Gasteiger partial charge in [-0.15, -0.1) is 0 Å². The second-order valence-electron chi connectivity index (χ2n) is 4.37. The van der Waals surface area contributed by atoms with Crippen LogP contribution in [-0.4, -0.2) is 34.0 Å². The highest BCUT2D eigenvalue weighted by Gasteiger charge is 2.32. The monoisotopic (exact) mass is 251 g/mol. The highest BCUT2D eigenvalue weighted by molar-refractivity contribution is 7.92. The van der Waals surface area contributed by atoms with Crippen molar-refractivity contribution in [3.63, 3.8) is 0 Å². The molecule has 5 nitrogen and oxygen atoms in total. The minimum Gasteiger partial charge on any atom is -0.229 e. The maximum Gasteiger partial charge on any atom is 0.155 e. The van der Waals surface area contributed by atoms with Crippen molar-refractivity contribution in [3.05, 3.63) is 30.2 Å². The molecule has 3 heterocycles. The van der Waals surface area contributed by atoms with Crippen LogP contribution in [-0.2, 0) is 16.3 Å². The first-order chi connectivity index (χ1) is 8.15. The van der Waals surface area contributed by atoms with Gasteiger partial charge >= 0.3 is 0 Å². The Morgan fingerprint density at radius 3 is 3.00 bits per heavy atom. The van der Waals surface area contributed by atoms with Crippen molar-refractivity contribution in [2.75, 3.05) is 5.75 Å². The first-order valence-corrected chi connectivity index (χ1v) is 7.38. The van der Waals surface area contributed by atoms with Crippen LogP contribution in [0.3, 0.4) is 0 Å². The SMILES string of the molecule is O=S1(=O)CCCC1Cc1nc2ccccn2n1. The van der Waals surface area contributed by atoms with E-state index < -0.39 is 9.84 Å². The number of pyridine rings is 1. The Balaban J connectivity index is 1.90. The highest BCUT2D eigenvalue weighted by atomic mass is 32.2.